The molecule has 130 valence electrons. The summed E-state index contributed by atoms with van der Waals surface area (Å²) in [7, 11) is 0. The van der Waals surface area contributed by atoms with Crippen molar-refractivity contribution in [2.45, 2.75) is 13.8 Å². The van der Waals surface area contributed by atoms with Crippen molar-refractivity contribution in [3.63, 3.8) is 0 Å². The van der Waals surface area contributed by atoms with Gasteiger partial charge in [-0.05, 0) is 26.0 Å². The van der Waals surface area contributed by atoms with Crippen molar-refractivity contribution in [2.24, 2.45) is 0 Å². The fraction of sp³-hybridized carbons (Fsp3) is 0.0909. The summed E-state index contributed by atoms with van der Waals surface area (Å²) in [5.41, 5.74) is 0.402. The van der Waals surface area contributed by atoms with Gasteiger partial charge in [-0.1, -0.05) is 35.4 Å². The normalized spacial score (nSPS) is 11.9. The third-order valence-electron chi connectivity index (χ3n) is 5.10. The zero-order chi connectivity index (χ0) is 19.0. The Morgan fingerprint density at radius 1 is 0.556 bits per heavy atom. The molecule has 0 amide bonds. The Morgan fingerprint density at radius 2 is 0.963 bits per heavy atom. The molecule has 0 saturated heterocycles. The van der Waals surface area contributed by atoms with E-state index in [1.54, 1.807) is 36.4 Å². The summed E-state index contributed by atoms with van der Waals surface area (Å²) in [4.78, 5) is 52.2. The third kappa shape index (κ3) is 1.97. The molecular formula is C22H12O4S. The van der Waals surface area contributed by atoms with E-state index >= 15 is 0 Å². The maximum Gasteiger partial charge on any atom is 0.204 e. The first-order valence-corrected chi connectivity index (χ1v) is 9.27. The Labute approximate surface area is 155 Å². The molecule has 0 aliphatic heterocycles. The molecule has 0 saturated carbocycles. The standard InChI is InChI=1S/C22H12O4S/c1-9-3-5-11-13(7-9)19(25)21-15(17(11)23)16-18(24)12-6-4-10(2)8-14(12)20(26)22(16)27-21/h3-8H,1-2H3. The summed E-state index contributed by atoms with van der Waals surface area (Å²) < 4.78 is 0.378. The highest BCUT2D eigenvalue weighted by atomic mass is 32.1. The van der Waals surface area contributed by atoms with Gasteiger partial charge in [0.25, 0.3) is 0 Å². The Morgan fingerprint density at radius 3 is 1.37 bits per heavy atom. The molecule has 0 spiro atoms. The molecule has 0 radical (unpaired) electrons. The quantitative estimate of drug-likeness (QED) is 0.418. The van der Waals surface area contributed by atoms with Crippen LogP contribution in [0.2, 0.25) is 0 Å². The molecule has 5 heteroatoms. The minimum atomic E-state index is -0.367. The van der Waals surface area contributed by atoms with Crippen LogP contribution in [0.3, 0.4) is 0 Å². The van der Waals surface area contributed by atoms with E-state index in [1.165, 1.54) is 0 Å². The molecule has 5 aromatic rings. The average Bonchev–Trinajstić information content (AvgIpc) is 3.05. The maximum absolute atomic E-state index is 13.1. The topological polar surface area (TPSA) is 68.3 Å². The highest BCUT2D eigenvalue weighted by Crippen LogP contribution is 2.29. The van der Waals surface area contributed by atoms with Crippen LogP contribution in [0.4, 0.5) is 0 Å². The Bertz CT molecular complexity index is 1540. The molecule has 0 aliphatic rings. The Balaban J connectivity index is 2.20. The van der Waals surface area contributed by atoms with E-state index in [-0.39, 0.29) is 52.7 Å². The minimum absolute atomic E-state index is 0.0842. The van der Waals surface area contributed by atoms with Crippen LogP contribution in [0, 0.1) is 13.8 Å². The van der Waals surface area contributed by atoms with Crippen LogP contribution in [-0.4, -0.2) is 0 Å². The fourth-order valence-electron chi connectivity index (χ4n) is 3.79. The second-order valence-electron chi connectivity index (χ2n) is 6.92. The van der Waals surface area contributed by atoms with Crippen LogP contribution in [0.15, 0.2) is 55.6 Å². The lowest BCUT2D eigenvalue weighted by molar-refractivity contribution is 1.50. The molecule has 4 nitrogen and oxygen atoms in total. The van der Waals surface area contributed by atoms with E-state index in [1.807, 2.05) is 13.8 Å². The van der Waals surface area contributed by atoms with Crippen LogP contribution >= 0.6 is 11.3 Å². The van der Waals surface area contributed by atoms with Crippen LogP contribution in [0.1, 0.15) is 11.1 Å². The van der Waals surface area contributed by atoms with Crippen molar-refractivity contribution in [2.75, 3.05) is 0 Å². The maximum atomic E-state index is 13.1. The van der Waals surface area contributed by atoms with Crippen molar-refractivity contribution in [1.29, 1.82) is 0 Å². The Hall–Kier alpha value is -3.18. The molecular weight excluding hydrogens is 360 g/mol. The monoisotopic (exact) mass is 372 g/mol. The SMILES string of the molecule is Cc1ccc2c(=O)c3c(sc4c(=O)c5cc(C)ccc5c(=O)c43)c(=O)c2c1. The van der Waals surface area contributed by atoms with Gasteiger partial charge in [0, 0.05) is 21.5 Å². The minimum Gasteiger partial charge on any atom is -0.289 e. The lowest BCUT2D eigenvalue weighted by atomic mass is 10.0. The number of rotatable bonds is 0. The molecule has 27 heavy (non-hydrogen) atoms. The lowest BCUT2D eigenvalue weighted by Crippen LogP contribution is -2.15. The van der Waals surface area contributed by atoms with E-state index < -0.39 is 0 Å². The molecule has 5 rings (SSSR count). The van der Waals surface area contributed by atoms with Crippen molar-refractivity contribution in [1.82, 2.24) is 0 Å². The van der Waals surface area contributed by atoms with Crippen molar-refractivity contribution in [3.05, 3.63) is 88.4 Å². The summed E-state index contributed by atoms with van der Waals surface area (Å²) in [5, 5.41) is 1.41. The van der Waals surface area contributed by atoms with Gasteiger partial charge in [0.1, 0.15) is 0 Å². The first kappa shape index (κ1) is 16.0. The summed E-state index contributed by atoms with van der Waals surface area (Å²) in [6.07, 6.45) is 0. The number of aryl methyl sites for hydroxylation is 2. The molecule has 1 aromatic heterocycles. The van der Waals surface area contributed by atoms with Gasteiger partial charge >= 0.3 is 0 Å². The first-order chi connectivity index (χ1) is 12.9. The molecule has 0 bridgehead atoms. The average molecular weight is 372 g/mol. The van der Waals surface area contributed by atoms with E-state index in [9.17, 15) is 19.2 Å². The summed E-state index contributed by atoms with van der Waals surface area (Å²) >= 11 is 0.960. The molecule has 0 atom stereocenters. The predicted molar refractivity (Wildman–Crippen MR) is 111 cm³/mol. The third-order valence-corrected chi connectivity index (χ3v) is 6.29. The summed E-state index contributed by atoms with van der Waals surface area (Å²) in [6.45, 7) is 3.69. The van der Waals surface area contributed by atoms with Crippen LogP contribution < -0.4 is 21.7 Å². The fourth-order valence-corrected chi connectivity index (χ4v) is 4.99. The van der Waals surface area contributed by atoms with Gasteiger partial charge in [0.05, 0.1) is 20.2 Å². The zero-order valence-corrected chi connectivity index (χ0v) is 15.3. The highest BCUT2D eigenvalue weighted by Gasteiger charge is 2.21. The highest BCUT2D eigenvalue weighted by molar-refractivity contribution is 7.25. The number of thiophene rings is 1. The van der Waals surface area contributed by atoms with Gasteiger partial charge in [0.2, 0.25) is 10.9 Å². The second kappa shape index (κ2) is 5.18. The zero-order valence-electron chi connectivity index (χ0n) is 14.5. The Kier molecular flexibility index (Phi) is 3.07. The van der Waals surface area contributed by atoms with E-state index in [4.69, 9.17) is 0 Å². The van der Waals surface area contributed by atoms with Gasteiger partial charge in [-0.3, -0.25) is 19.2 Å². The van der Waals surface area contributed by atoms with Crippen LogP contribution in [0.25, 0.3) is 41.7 Å². The summed E-state index contributed by atoms with van der Waals surface area (Å²) in [5.74, 6) is 0. The van der Waals surface area contributed by atoms with Crippen LogP contribution in [0.5, 0.6) is 0 Å². The largest absolute Gasteiger partial charge is 0.289 e. The molecule has 0 aliphatic carbocycles. The van der Waals surface area contributed by atoms with Gasteiger partial charge in [0.15, 0.2) is 10.9 Å². The first-order valence-electron chi connectivity index (χ1n) is 8.45. The summed E-state index contributed by atoms with van der Waals surface area (Å²) in [6, 6.07) is 10.1. The number of hydrogen-bond acceptors (Lipinski definition) is 5. The van der Waals surface area contributed by atoms with Crippen LogP contribution in [-0.2, 0) is 0 Å². The molecule has 1 heterocycles. The van der Waals surface area contributed by atoms with Gasteiger partial charge in [-0.15, -0.1) is 11.3 Å². The van der Waals surface area contributed by atoms with Crippen molar-refractivity contribution >= 4 is 53.1 Å². The van der Waals surface area contributed by atoms with E-state index in [2.05, 4.69) is 0 Å². The van der Waals surface area contributed by atoms with Crippen molar-refractivity contribution < 1.29 is 0 Å². The van der Waals surface area contributed by atoms with E-state index in [0.717, 1.165) is 22.5 Å². The van der Waals surface area contributed by atoms with Crippen molar-refractivity contribution in [3.8, 4) is 0 Å². The number of fused-ring (bicyclic) bond motifs is 5. The molecule has 4 aromatic carbocycles. The smallest absolute Gasteiger partial charge is 0.204 e. The molecule has 0 fully saturated rings. The van der Waals surface area contributed by atoms with Gasteiger partial charge in [-0.25, -0.2) is 0 Å². The van der Waals surface area contributed by atoms with E-state index in [0.29, 0.717) is 10.8 Å². The molecule has 0 unspecified atom stereocenters. The number of hydrogen-bond donors (Lipinski definition) is 0. The van der Waals surface area contributed by atoms with Gasteiger partial charge < -0.3 is 0 Å². The molecule has 0 N–H and O–H groups in total. The second-order valence-corrected chi connectivity index (χ2v) is 7.95. The van der Waals surface area contributed by atoms with Gasteiger partial charge in [-0.2, -0.15) is 0 Å². The lowest BCUT2D eigenvalue weighted by Gasteiger charge is -2.00. The predicted octanol–water partition coefficient (Wildman–Crippen LogP) is 3.29. The number of benzene rings is 4.